The molecule has 0 saturated carbocycles. The smallest absolute Gasteiger partial charge is 0.254 e. The van der Waals surface area contributed by atoms with E-state index in [2.05, 4.69) is 10.1 Å². The van der Waals surface area contributed by atoms with Gasteiger partial charge in [-0.3, -0.25) is 4.79 Å². The highest BCUT2D eigenvalue weighted by Gasteiger charge is 2.34. The highest BCUT2D eigenvalue weighted by atomic mass is 19.1. The standard InChI is InChI=1S/C21H20FN3O4/c1-27-17-10-7-14(12-18(17)28-2)19-23-20(29-24-19)16-4-3-11-25(16)21(26)13-5-8-15(22)9-6-13/h5-10,12,16H,3-4,11H2,1-2H3/t16-/m0/s1. The number of hydrogen-bond donors (Lipinski definition) is 0. The van der Waals surface area contributed by atoms with Crippen LogP contribution in [0.2, 0.25) is 0 Å². The second kappa shape index (κ2) is 7.90. The monoisotopic (exact) mass is 397 g/mol. The van der Waals surface area contributed by atoms with Crippen molar-refractivity contribution >= 4 is 5.91 Å². The van der Waals surface area contributed by atoms with Crippen molar-refractivity contribution in [1.29, 1.82) is 0 Å². The van der Waals surface area contributed by atoms with Crippen LogP contribution in [0.4, 0.5) is 4.39 Å². The van der Waals surface area contributed by atoms with Crippen LogP contribution in [-0.2, 0) is 0 Å². The molecule has 1 fully saturated rings. The Morgan fingerprint density at radius 3 is 2.62 bits per heavy atom. The largest absolute Gasteiger partial charge is 0.493 e. The number of ether oxygens (including phenoxy) is 2. The zero-order chi connectivity index (χ0) is 20.4. The van der Waals surface area contributed by atoms with Crippen LogP contribution in [-0.4, -0.2) is 41.7 Å². The van der Waals surface area contributed by atoms with Crippen LogP contribution in [0.15, 0.2) is 47.0 Å². The summed E-state index contributed by atoms with van der Waals surface area (Å²) in [5.74, 6) is 1.39. The molecule has 1 aliphatic rings. The zero-order valence-electron chi connectivity index (χ0n) is 16.1. The normalized spacial score (nSPS) is 16.1. The number of rotatable bonds is 5. The molecular formula is C21H20FN3O4. The van der Waals surface area contributed by atoms with Gasteiger partial charge in [0, 0.05) is 17.7 Å². The summed E-state index contributed by atoms with van der Waals surface area (Å²) in [5, 5.41) is 4.07. The highest BCUT2D eigenvalue weighted by Crippen LogP contribution is 2.35. The Bertz CT molecular complexity index is 1020. The van der Waals surface area contributed by atoms with Crippen molar-refractivity contribution in [2.45, 2.75) is 18.9 Å². The van der Waals surface area contributed by atoms with Crippen molar-refractivity contribution in [2.75, 3.05) is 20.8 Å². The van der Waals surface area contributed by atoms with Crippen molar-refractivity contribution in [3.05, 3.63) is 59.7 Å². The van der Waals surface area contributed by atoms with E-state index in [4.69, 9.17) is 14.0 Å². The van der Waals surface area contributed by atoms with Crippen LogP contribution in [0.25, 0.3) is 11.4 Å². The first kappa shape index (κ1) is 18.9. The molecular weight excluding hydrogens is 377 g/mol. The van der Waals surface area contributed by atoms with Crippen LogP contribution >= 0.6 is 0 Å². The molecule has 1 amide bonds. The fraction of sp³-hybridized carbons (Fsp3) is 0.286. The zero-order valence-corrected chi connectivity index (χ0v) is 16.1. The van der Waals surface area contributed by atoms with E-state index in [0.29, 0.717) is 40.9 Å². The lowest BCUT2D eigenvalue weighted by Gasteiger charge is -2.21. The van der Waals surface area contributed by atoms with Gasteiger partial charge in [-0.15, -0.1) is 0 Å². The molecule has 0 N–H and O–H groups in total. The van der Waals surface area contributed by atoms with Crippen LogP contribution in [0, 0.1) is 5.82 Å². The fourth-order valence-electron chi connectivity index (χ4n) is 3.49. The summed E-state index contributed by atoms with van der Waals surface area (Å²) in [5.41, 5.74) is 1.14. The van der Waals surface area contributed by atoms with Crippen molar-refractivity contribution < 1.29 is 23.2 Å². The third-order valence-electron chi connectivity index (χ3n) is 4.97. The van der Waals surface area contributed by atoms with Gasteiger partial charge in [-0.1, -0.05) is 5.16 Å². The maximum atomic E-state index is 13.2. The van der Waals surface area contributed by atoms with Crippen molar-refractivity contribution in [3.8, 4) is 22.9 Å². The summed E-state index contributed by atoms with van der Waals surface area (Å²) in [4.78, 5) is 19.1. The van der Waals surface area contributed by atoms with Gasteiger partial charge in [-0.2, -0.15) is 4.98 Å². The minimum absolute atomic E-state index is 0.182. The number of amides is 1. The Labute approximate surface area is 167 Å². The summed E-state index contributed by atoms with van der Waals surface area (Å²) in [6, 6.07) is 10.6. The Kier molecular flexibility index (Phi) is 5.16. The molecule has 1 atom stereocenters. The predicted molar refractivity (Wildman–Crippen MR) is 102 cm³/mol. The molecule has 4 rings (SSSR count). The van der Waals surface area contributed by atoms with E-state index < -0.39 is 0 Å². The number of carbonyl (C=O) groups excluding carboxylic acids is 1. The Hall–Kier alpha value is -3.42. The number of carbonyl (C=O) groups is 1. The second-order valence-corrected chi connectivity index (χ2v) is 6.69. The molecule has 8 heteroatoms. The molecule has 2 aromatic carbocycles. The van der Waals surface area contributed by atoms with Crippen molar-refractivity contribution in [2.24, 2.45) is 0 Å². The Morgan fingerprint density at radius 1 is 1.14 bits per heavy atom. The van der Waals surface area contributed by atoms with E-state index in [1.54, 1.807) is 31.3 Å². The highest BCUT2D eigenvalue weighted by molar-refractivity contribution is 5.94. The van der Waals surface area contributed by atoms with Gasteiger partial charge >= 0.3 is 0 Å². The average molecular weight is 397 g/mol. The number of benzene rings is 2. The molecule has 3 aromatic rings. The van der Waals surface area contributed by atoms with E-state index in [1.807, 2.05) is 6.07 Å². The quantitative estimate of drug-likeness (QED) is 0.650. The van der Waals surface area contributed by atoms with E-state index >= 15 is 0 Å². The first-order valence-corrected chi connectivity index (χ1v) is 9.23. The second-order valence-electron chi connectivity index (χ2n) is 6.69. The van der Waals surface area contributed by atoms with Gasteiger partial charge < -0.3 is 18.9 Å². The average Bonchev–Trinajstić information content (AvgIpc) is 3.42. The van der Waals surface area contributed by atoms with Crippen LogP contribution in [0.3, 0.4) is 0 Å². The van der Waals surface area contributed by atoms with Crippen LogP contribution < -0.4 is 9.47 Å². The van der Waals surface area contributed by atoms with Gasteiger partial charge in [-0.25, -0.2) is 4.39 Å². The maximum Gasteiger partial charge on any atom is 0.254 e. The number of nitrogens with zero attached hydrogens (tertiary/aromatic N) is 3. The minimum atomic E-state index is -0.379. The number of hydrogen-bond acceptors (Lipinski definition) is 6. The Morgan fingerprint density at radius 2 is 1.90 bits per heavy atom. The molecule has 0 spiro atoms. The molecule has 150 valence electrons. The van der Waals surface area contributed by atoms with Gasteiger partial charge in [0.15, 0.2) is 11.5 Å². The van der Waals surface area contributed by atoms with E-state index in [-0.39, 0.29) is 17.8 Å². The third-order valence-corrected chi connectivity index (χ3v) is 4.97. The van der Waals surface area contributed by atoms with Gasteiger partial charge in [0.2, 0.25) is 11.7 Å². The van der Waals surface area contributed by atoms with Crippen LogP contribution in [0.5, 0.6) is 11.5 Å². The van der Waals surface area contributed by atoms with E-state index in [9.17, 15) is 9.18 Å². The topological polar surface area (TPSA) is 77.7 Å². The van der Waals surface area contributed by atoms with E-state index in [0.717, 1.165) is 12.8 Å². The molecule has 0 radical (unpaired) electrons. The van der Waals surface area contributed by atoms with Crippen LogP contribution in [0.1, 0.15) is 35.1 Å². The molecule has 1 aliphatic heterocycles. The summed E-state index contributed by atoms with van der Waals surface area (Å²) < 4.78 is 29.2. The summed E-state index contributed by atoms with van der Waals surface area (Å²) in [6.45, 7) is 0.578. The number of aromatic nitrogens is 2. The van der Waals surface area contributed by atoms with Crippen molar-refractivity contribution in [1.82, 2.24) is 15.0 Å². The van der Waals surface area contributed by atoms with E-state index in [1.165, 1.54) is 24.3 Å². The lowest BCUT2D eigenvalue weighted by atomic mass is 10.1. The molecule has 1 saturated heterocycles. The first-order valence-electron chi connectivity index (χ1n) is 9.23. The van der Waals surface area contributed by atoms with Gasteiger partial charge in [-0.05, 0) is 55.3 Å². The first-order chi connectivity index (χ1) is 14.1. The summed E-state index contributed by atoms with van der Waals surface area (Å²) in [7, 11) is 3.12. The van der Waals surface area contributed by atoms with Gasteiger partial charge in [0.05, 0.1) is 14.2 Å². The lowest BCUT2D eigenvalue weighted by molar-refractivity contribution is 0.0710. The fourth-order valence-corrected chi connectivity index (χ4v) is 3.49. The molecule has 29 heavy (non-hydrogen) atoms. The molecule has 7 nitrogen and oxygen atoms in total. The minimum Gasteiger partial charge on any atom is -0.493 e. The molecule has 0 aliphatic carbocycles. The number of halogens is 1. The molecule has 1 aromatic heterocycles. The SMILES string of the molecule is COc1ccc(-c2noc([C@@H]3CCCN3C(=O)c3ccc(F)cc3)n2)cc1OC. The predicted octanol–water partition coefficient (Wildman–Crippen LogP) is 3.87. The molecule has 0 unspecified atom stereocenters. The number of likely N-dealkylation sites (tertiary alicyclic amines) is 1. The Balaban J connectivity index is 1.58. The third kappa shape index (κ3) is 3.65. The molecule has 0 bridgehead atoms. The number of methoxy groups -OCH3 is 2. The van der Waals surface area contributed by atoms with Crippen molar-refractivity contribution in [3.63, 3.8) is 0 Å². The molecule has 2 heterocycles. The van der Waals surface area contributed by atoms with Gasteiger partial charge in [0.25, 0.3) is 5.91 Å². The lowest BCUT2D eigenvalue weighted by Crippen LogP contribution is -2.30. The maximum absolute atomic E-state index is 13.2. The van der Waals surface area contributed by atoms with Gasteiger partial charge in [0.1, 0.15) is 11.9 Å². The summed E-state index contributed by atoms with van der Waals surface area (Å²) >= 11 is 0. The summed E-state index contributed by atoms with van der Waals surface area (Å²) in [6.07, 6.45) is 1.55.